The summed E-state index contributed by atoms with van der Waals surface area (Å²) in [5, 5.41) is 0. The van der Waals surface area contributed by atoms with Gasteiger partial charge in [0.05, 0.1) is 6.54 Å². The molecule has 1 aliphatic carbocycles. The maximum atomic E-state index is 12.6. The molecule has 1 fully saturated rings. The minimum absolute atomic E-state index is 0.0656. The second kappa shape index (κ2) is 5.83. The van der Waals surface area contributed by atoms with Crippen LogP contribution in [0.25, 0.3) is 0 Å². The monoisotopic (exact) mass is 300 g/mol. The summed E-state index contributed by atoms with van der Waals surface area (Å²) in [6, 6.07) is 8.96. The van der Waals surface area contributed by atoms with Gasteiger partial charge in [-0.05, 0) is 44.9 Å². The van der Waals surface area contributed by atoms with E-state index in [1.165, 1.54) is 6.07 Å². The first-order valence-electron chi connectivity index (χ1n) is 7.63. The van der Waals surface area contributed by atoms with Gasteiger partial charge in [-0.15, -0.1) is 0 Å². The minimum Gasteiger partial charge on any atom is -0.454 e. The van der Waals surface area contributed by atoms with Crippen molar-refractivity contribution in [3.63, 3.8) is 0 Å². The lowest BCUT2D eigenvalue weighted by Crippen LogP contribution is -2.38. The van der Waals surface area contributed by atoms with Crippen LogP contribution in [0.1, 0.15) is 43.0 Å². The molecule has 3 rings (SSSR count). The van der Waals surface area contributed by atoms with Gasteiger partial charge in [-0.3, -0.25) is 9.59 Å². The molecule has 116 valence electrons. The summed E-state index contributed by atoms with van der Waals surface area (Å²) >= 11 is 0. The van der Waals surface area contributed by atoms with E-state index in [2.05, 4.69) is 0 Å². The Morgan fingerprint density at radius 2 is 2.09 bits per heavy atom. The van der Waals surface area contributed by atoms with Crippen molar-refractivity contribution >= 4 is 5.91 Å². The highest BCUT2D eigenvalue weighted by Gasteiger charge is 2.35. The second-order valence-electron chi connectivity index (χ2n) is 5.97. The molecular weight excluding hydrogens is 280 g/mol. The van der Waals surface area contributed by atoms with Crippen molar-refractivity contribution in [3.05, 3.63) is 58.4 Å². The van der Waals surface area contributed by atoms with E-state index in [-0.39, 0.29) is 17.5 Å². The highest BCUT2D eigenvalue weighted by molar-refractivity contribution is 5.92. The van der Waals surface area contributed by atoms with E-state index < -0.39 is 0 Å². The van der Waals surface area contributed by atoms with Gasteiger partial charge in [-0.25, -0.2) is 0 Å². The van der Waals surface area contributed by atoms with Gasteiger partial charge in [-0.1, -0.05) is 6.07 Å². The van der Waals surface area contributed by atoms with Crippen LogP contribution in [0.2, 0.25) is 0 Å². The highest BCUT2D eigenvalue weighted by Crippen LogP contribution is 2.30. The van der Waals surface area contributed by atoms with Crippen molar-refractivity contribution in [2.45, 2.75) is 45.3 Å². The van der Waals surface area contributed by atoms with E-state index >= 15 is 0 Å². The molecule has 2 aromatic heterocycles. The molecule has 0 aliphatic heterocycles. The summed E-state index contributed by atoms with van der Waals surface area (Å²) in [6.07, 6.45) is 3.84. The SMILES string of the molecule is CC(C)N(C(=O)c1ccc(Cn2ccccc2=O)o1)C1CC1. The molecule has 0 N–H and O–H groups in total. The predicted octanol–water partition coefficient (Wildman–Crippen LogP) is 2.50. The van der Waals surface area contributed by atoms with Crippen molar-refractivity contribution in [1.82, 2.24) is 9.47 Å². The zero-order valence-electron chi connectivity index (χ0n) is 12.9. The zero-order chi connectivity index (χ0) is 15.7. The number of hydrogen-bond donors (Lipinski definition) is 0. The van der Waals surface area contributed by atoms with Gasteiger partial charge in [0.1, 0.15) is 5.76 Å². The standard InChI is InChI=1S/C17H20N2O3/c1-12(2)19(13-6-7-13)17(21)15-9-8-14(22-15)11-18-10-4-3-5-16(18)20/h3-5,8-10,12-13H,6-7,11H2,1-2H3. The summed E-state index contributed by atoms with van der Waals surface area (Å²) in [4.78, 5) is 26.2. The Morgan fingerprint density at radius 1 is 1.32 bits per heavy atom. The van der Waals surface area contributed by atoms with E-state index in [9.17, 15) is 9.59 Å². The van der Waals surface area contributed by atoms with Crippen LogP contribution in [0.15, 0.2) is 45.7 Å². The summed E-state index contributed by atoms with van der Waals surface area (Å²) in [5.41, 5.74) is -0.0893. The van der Waals surface area contributed by atoms with Crippen LogP contribution >= 0.6 is 0 Å². The van der Waals surface area contributed by atoms with Crippen LogP contribution < -0.4 is 5.56 Å². The Hall–Kier alpha value is -2.30. The van der Waals surface area contributed by atoms with E-state index in [4.69, 9.17) is 4.42 Å². The highest BCUT2D eigenvalue weighted by atomic mass is 16.4. The summed E-state index contributed by atoms with van der Waals surface area (Å²) in [5.74, 6) is 0.889. The molecule has 1 saturated carbocycles. The van der Waals surface area contributed by atoms with Gasteiger partial charge in [0.15, 0.2) is 5.76 Å². The molecule has 0 aromatic carbocycles. The van der Waals surface area contributed by atoms with E-state index in [0.29, 0.717) is 24.1 Å². The van der Waals surface area contributed by atoms with Crippen molar-refractivity contribution in [2.75, 3.05) is 0 Å². The Morgan fingerprint density at radius 3 is 2.73 bits per heavy atom. The van der Waals surface area contributed by atoms with Crippen molar-refractivity contribution in [3.8, 4) is 0 Å². The summed E-state index contributed by atoms with van der Waals surface area (Å²) in [6.45, 7) is 4.37. The molecule has 2 heterocycles. The Kier molecular flexibility index (Phi) is 3.88. The van der Waals surface area contributed by atoms with Crippen LogP contribution in [-0.4, -0.2) is 27.5 Å². The Labute approximate surface area is 129 Å². The number of hydrogen-bond acceptors (Lipinski definition) is 3. The normalized spacial score (nSPS) is 14.3. The Balaban J connectivity index is 1.77. The molecule has 1 amide bonds. The van der Waals surface area contributed by atoms with Gasteiger partial charge < -0.3 is 13.9 Å². The molecule has 0 radical (unpaired) electrons. The maximum absolute atomic E-state index is 12.6. The molecule has 0 atom stereocenters. The Bertz CT molecular complexity index is 723. The third-order valence-electron chi connectivity index (χ3n) is 3.83. The van der Waals surface area contributed by atoms with Gasteiger partial charge in [0.25, 0.3) is 11.5 Å². The number of nitrogens with zero attached hydrogens (tertiary/aromatic N) is 2. The predicted molar refractivity (Wildman–Crippen MR) is 82.8 cm³/mol. The molecule has 5 heteroatoms. The lowest BCUT2D eigenvalue weighted by Gasteiger charge is -2.25. The molecule has 0 saturated heterocycles. The summed E-state index contributed by atoms with van der Waals surface area (Å²) in [7, 11) is 0. The van der Waals surface area contributed by atoms with Crippen molar-refractivity contribution in [1.29, 1.82) is 0 Å². The fourth-order valence-corrected chi connectivity index (χ4v) is 2.64. The minimum atomic E-state index is -0.0893. The van der Waals surface area contributed by atoms with E-state index in [0.717, 1.165) is 12.8 Å². The van der Waals surface area contributed by atoms with E-state index in [1.54, 1.807) is 35.0 Å². The summed E-state index contributed by atoms with van der Waals surface area (Å²) < 4.78 is 7.21. The first kappa shape index (κ1) is 14.6. The smallest absolute Gasteiger partial charge is 0.290 e. The molecule has 0 spiro atoms. The van der Waals surface area contributed by atoms with Crippen LogP contribution in [0.5, 0.6) is 0 Å². The van der Waals surface area contributed by atoms with Crippen LogP contribution in [0.4, 0.5) is 0 Å². The lowest BCUT2D eigenvalue weighted by atomic mass is 10.2. The second-order valence-corrected chi connectivity index (χ2v) is 5.97. The molecular formula is C17H20N2O3. The molecule has 1 aliphatic rings. The van der Waals surface area contributed by atoms with Gasteiger partial charge in [-0.2, -0.15) is 0 Å². The van der Waals surface area contributed by atoms with Crippen LogP contribution in [-0.2, 0) is 6.54 Å². The molecule has 22 heavy (non-hydrogen) atoms. The maximum Gasteiger partial charge on any atom is 0.290 e. The first-order chi connectivity index (χ1) is 10.6. The van der Waals surface area contributed by atoms with Gasteiger partial charge >= 0.3 is 0 Å². The fourth-order valence-electron chi connectivity index (χ4n) is 2.64. The number of pyridine rings is 1. The number of carbonyl (C=O) groups is 1. The quantitative estimate of drug-likeness (QED) is 0.852. The largest absolute Gasteiger partial charge is 0.454 e. The average molecular weight is 300 g/mol. The lowest BCUT2D eigenvalue weighted by molar-refractivity contribution is 0.0655. The fraction of sp³-hybridized carbons (Fsp3) is 0.412. The van der Waals surface area contributed by atoms with Crippen molar-refractivity contribution in [2.24, 2.45) is 0 Å². The van der Waals surface area contributed by atoms with Crippen molar-refractivity contribution < 1.29 is 9.21 Å². The topological polar surface area (TPSA) is 55.5 Å². The average Bonchev–Trinajstić information content (AvgIpc) is 3.19. The van der Waals surface area contributed by atoms with Crippen LogP contribution in [0.3, 0.4) is 0 Å². The van der Waals surface area contributed by atoms with Crippen LogP contribution in [0, 0.1) is 0 Å². The molecule has 5 nitrogen and oxygen atoms in total. The number of aromatic nitrogens is 1. The van der Waals surface area contributed by atoms with Gasteiger partial charge in [0, 0.05) is 24.3 Å². The third-order valence-corrected chi connectivity index (χ3v) is 3.83. The van der Waals surface area contributed by atoms with Gasteiger partial charge in [0.2, 0.25) is 0 Å². The number of carbonyl (C=O) groups excluding carboxylic acids is 1. The number of rotatable bonds is 5. The zero-order valence-corrected chi connectivity index (χ0v) is 12.9. The third kappa shape index (κ3) is 2.98. The number of amides is 1. The van der Waals surface area contributed by atoms with E-state index in [1.807, 2.05) is 18.7 Å². The molecule has 0 unspecified atom stereocenters. The number of furan rings is 1. The first-order valence-corrected chi connectivity index (χ1v) is 7.63. The molecule has 0 bridgehead atoms. The molecule has 2 aromatic rings.